The Morgan fingerprint density at radius 2 is 2.00 bits per heavy atom. The van der Waals surface area contributed by atoms with E-state index in [2.05, 4.69) is 0 Å². The van der Waals surface area contributed by atoms with Crippen LogP contribution in [0.2, 0.25) is 5.02 Å². The summed E-state index contributed by atoms with van der Waals surface area (Å²) in [5, 5.41) is 30.1. The fourth-order valence-corrected chi connectivity index (χ4v) is 1.38. The molecule has 1 aromatic rings. The van der Waals surface area contributed by atoms with E-state index in [9.17, 15) is 25.3 Å². The third-order valence-electron chi connectivity index (χ3n) is 1.87. The zero-order valence-electron chi connectivity index (χ0n) is 7.87. The van der Waals surface area contributed by atoms with Crippen LogP contribution in [-0.2, 0) is 0 Å². The first-order valence-electron chi connectivity index (χ1n) is 4.15. The van der Waals surface area contributed by atoms with Crippen LogP contribution < -0.4 is 0 Å². The molecular weight excluding hydrogens is 240 g/mol. The predicted molar refractivity (Wildman–Crippen MR) is 54.9 cm³/mol. The van der Waals surface area contributed by atoms with E-state index in [0.717, 1.165) is 12.1 Å². The van der Waals surface area contributed by atoms with Crippen LogP contribution in [0.3, 0.4) is 0 Å². The zero-order chi connectivity index (χ0) is 12.3. The molecule has 1 aromatic carbocycles. The Kier molecular flexibility index (Phi) is 3.75. The molecule has 16 heavy (non-hydrogen) atoms. The number of nitrogens with zero attached hydrogens (tertiary/aromatic N) is 2. The summed E-state index contributed by atoms with van der Waals surface area (Å²) in [4.78, 5) is 19.2. The van der Waals surface area contributed by atoms with Crippen LogP contribution in [0.25, 0.3) is 0 Å². The van der Waals surface area contributed by atoms with Crippen LogP contribution in [-0.4, -0.2) is 21.5 Å². The lowest BCUT2D eigenvalue weighted by Gasteiger charge is -2.07. The van der Waals surface area contributed by atoms with Crippen molar-refractivity contribution in [3.05, 3.63) is 49.0 Å². The molecule has 0 amide bonds. The van der Waals surface area contributed by atoms with Crippen LogP contribution in [0.5, 0.6) is 0 Å². The number of hydrogen-bond acceptors (Lipinski definition) is 5. The molecule has 0 saturated carbocycles. The number of nitro groups is 2. The van der Waals surface area contributed by atoms with Crippen LogP contribution in [0.15, 0.2) is 18.2 Å². The highest BCUT2D eigenvalue weighted by molar-refractivity contribution is 6.31. The summed E-state index contributed by atoms with van der Waals surface area (Å²) in [5.74, 6) is 0. The van der Waals surface area contributed by atoms with E-state index < -0.39 is 22.5 Å². The standard InChI is InChI=1S/C8H7ClN2O5/c9-7-2-1-5(11(15)16)3-6(7)8(12)4-10(13)14/h1-3,8,12H,4H2/t8-/m0/s1. The van der Waals surface area contributed by atoms with Gasteiger partial charge < -0.3 is 5.11 Å². The number of nitro benzene ring substituents is 1. The summed E-state index contributed by atoms with van der Waals surface area (Å²) < 4.78 is 0. The molecule has 0 bridgehead atoms. The summed E-state index contributed by atoms with van der Waals surface area (Å²) in [7, 11) is 0. The first-order chi connectivity index (χ1) is 7.41. The molecule has 8 heteroatoms. The molecule has 0 saturated heterocycles. The quantitative estimate of drug-likeness (QED) is 0.641. The van der Waals surface area contributed by atoms with E-state index >= 15 is 0 Å². The lowest BCUT2D eigenvalue weighted by Crippen LogP contribution is -2.12. The SMILES string of the molecule is O=[N+]([O-])C[C@H](O)c1cc([N+](=O)[O-])ccc1Cl. The summed E-state index contributed by atoms with van der Waals surface area (Å²) in [6, 6.07) is 3.40. The van der Waals surface area contributed by atoms with Gasteiger partial charge in [-0.15, -0.1) is 0 Å². The van der Waals surface area contributed by atoms with Crippen molar-refractivity contribution >= 4 is 17.3 Å². The Morgan fingerprint density at radius 3 is 2.50 bits per heavy atom. The van der Waals surface area contributed by atoms with Crippen molar-refractivity contribution in [3.63, 3.8) is 0 Å². The van der Waals surface area contributed by atoms with Gasteiger partial charge in [-0.1, -0.05) is 11.6 Å². The molecule has 0 aliphatic heterocycles. The van der Waals surface area contributed by atoms with Gasteiger partial charge in [0.2, 0.25) is 6.54 Å². The van der Waals surface area contributed by atoms with Gasteiger partial charge in [0.1, 0.15) is 6.10 Å². The molecular formula is C8H7ClN2O5. The molecule has 0 radical (unpaired) electrons. The summed E-state index contributed by atoms with van der Waals surface area (Å²) in [5.41, 5.74) is -0.297. The fraction of sp³-hybridized carbons (Fsp3) is 0.250. The van der Waals surface area contributed by atoms with Gasteiger partial charge in [0, 0.05) is 27.6 Å². The molecule has 0 heterocycles. The molecule has 1 atom stereocenters. The number of aliphatic hydroxyl groups excluding tert-OH is 1. The fourth-order valence-electron chi connectivity index (χ4n) is 1.14. The topological polar surface area (TPSA) is 107 Å². The monoisotopic (exact) mass is 246 g/mol. The molecule has 1 N–H and O–H groups in total. The second kappa shape index (κ2) is 4.86. The number of aliphatic hydroxyl groups is 1. The van der Waals surface area contributed by atoms with Gasteiger partial charge in [-0.2, -0.15) is 0 Å². The predicted octanol–water partition coefficient (Wildman–Crippen LogP) is 1.56. The van der Waals surface area contributed by atoms with Crippen molar-refractivity contribution < 1.29 is 15.0 Å². The highest BCUT2D eigenvalue weighted by atomic mass is 35.5. The second-order valence-corrected chi connectivity index (χ2v) is 3.40. The first-order valence-corrected chi connectivity index (χ1v) is 4.53. The van der Waals surface area contributed by atoms with E-state index in [-0.39, 0.29) is 16.3 Å². The Balaban J connectivity index is 3.06. The van der Waals surface area contributed by atoms with Gasteiger partial charge in [0.25, 0.3) is 5.69 Å². The van der Waals surface area contributed by atoms with Gasteiger partial charge in [-0.25, -0.2) is 0 Å². The van der Waals surface area contributed by atoms with E-state index in [1.807, 2.05) is 0 Å². The van der Waals surface area contributed by atoms with Crippen LogP contribution in [0, 0.1) is 20.2 Å². The van der Waals surface area contributed by atoms with Crippen LogP contribution in [0.4, 0.5) is 5.69 Å². The minimum Gasteiger partial charge on any atom is -0.381 e. The zero-order valence-corrected chi connectivity index (χ0v) is 8.63. The smallest absolute Gasteiger partial charge is 0.269 e. The third kappa shape index (κ3) is 2.88. The Bertz CT molecular complexity index is 436. The van der Waals surface area contributed by atoms with Gasteiger partial charge in [-0.3, -0.25) is 20.2 Å². The first kappa shape index (κ1) is 12.3. The molecule has 7 nitrogen and oxygen atoms in total. The normalized spacial score (nSPS) is 12.1. The molecule has 0 unspecified atom stereocenters. The van der Waals surface area contributed by atoms with Gasteiger partial charge in [0.15, 0.2) is 0 Å². The second-order valence-electron chi connectivity index (χ2n) is 2.99. The Labute approximate surface area is 94.6 Å². The van der Waals surface area contributed by atoms with Crippen molar-refractivity contribution in [2.75, 3.05) is 6.54 Å². The molecule has 1 rings (SSSR count). The van der Waals surface area contributed by atoms with E-state index in [1.165, 1.54) is 6.07 Å². The minimum absolute atomic E-state index is 0.0208. The van der Waals surface area contributed by atoms with Gasteiger partial charge in [-0.05, 0) is 6.07 Å². The lowest BCUT2D eigenvalue weighted by atomic mass is 10.1. The molecule has 0 aromatic heterocycles. The van der Waals surface area contributed by atoms with Crippen LogP contribution >= 0.6 is 11.6 Å². The summed E-state index contributed by atoms with van der Waals surface area (Å²) in [6.45, 7) is -0.749. The summed E-state index contributed by atoms with van der Waals surface area (Å²) >= 11 is 5.67. The largest absolute Gasteiger partial charge is 0.381 e. The number of halogens is 1. The van der Waals surface area contributed by atoms with Crippen molar-refractivity contribution in [2.24, 2.45) is 0 Å². The number of rotatable bonds is 4. The summed E-state index contributed by atoms with van der Waals surface area (Å²) in [6.07, 6.45) is -1.46. The Hall–Kier alpha value is -1.73. The van der Waals surface area contributed by atoms with Crippen molar-refractivity contribution in [2.45, 2.75) is 6.10 Å². The van der Waals surface area contributed by atoms with E-state index in [1.54, 1.807) is 0 Å². The maximum atomic E-state index is 10.5. The average molecular weight is 247 g/mol. The number of hydrogen-bond donors (Lipinski definition) is 1. The molecule has 86 valence electrons. The maximum Gasteiger partial charge on any atom is 0.269 e. The highest BCUT2D eigenvalue weighted by Gasteiger charge is 2.20. The molecule has 0 fully saturated rings. The lowest BCUT2D eigenvalue weighted by molar-refractivity contribution is -0.491. The molecule has 0 aliphatic carbocycles. The third-order valence-corrected chi connectivity index (χ3v) is 2.22. The maximum absolute atomic E-state index is 10.5. The molecule has 0 aliphatic rings. The van der Waals surface area contributed by atoms with E-state index in [4.69, 9.17) is 11.6 Å². The minimum atomic E-state index is -1.46. The van der Waals surface area contributed by atoms with Gasteiger partial charge >= 0.3 is 0 Å². The Morgan fingerprint density at radius 1 is 1.38 bits per heavy atom. The molecule has 0 spiro atoms. The number of non-ortho nitro benzene ring substituents is 1. The van der Waals surface area contributed by atoms with E-state index in [0.29, 0.717) is 0 Å². The highest BCUT2D eigenvalue weighted by Crippen LogP contribution is 2.27. The van der Waals surface area contributed by atoms with Crippen molar-refractivity contribution in [1.82, 2.24) is 0 Å². The van der Waals surface area contributed by atoms with Gasteiger partial charge in [0.05, 0.1) is 4.92 Å². The average Bonchev–Trinajstić information content (AvgIpc) is 2.16. The van der Waals surface area contributed by atoms with Crippen molar-refractivity contribution in [3.8, 4) is 0 Å². The van der Waals surface area contributed by atoms with Crippen LogP contribution in [0.1, 0.15) is 11.7 Å². The van der Waals surface area contributed by atoms with Crippen molar-refractivity contribution in [1.29, 1.82) is 0 Å². The number of benzene rings is 1.